The van der Waals surface area contributed by atoms with E-state index in [-0.39, 0.29) is 17.9 Å². The first kappa shape index (κ1) is 22.9. The number of nitrogens with one attached hydrogen (secondary N) is 1. The maximum absolute atomic E-state index is 13.5. The molecule has 4 rings (SSSR count). The van der Waals surface area contributed by atoms with Crippen LogP contribution in [-0.2, 0) is 6.61 Å². The van der Waals surface area contributed by atoms with Crippen molar-refractivity contribution in [3.63, 3.8) is 0 Å². The van der Waals surface area contributed by atoms with Crippen molar-refractivity contribution in [1.82, 2.24) is 9.97 Å². The van der Waals surface area contributed by atoms with Crippen LogP contribution in [0.15, 0.2) is 59.1 Å². The van der Waals surface area contributed by atoms with Crippen LogP contribution in [-0.4, -0.2) is 22.0 Å². The van der Waals surface area contributed by atoms with Crippen molar-refractivity contribution in [3.8, 4) is 17.6 Å². The largest absolute Gasteiger partial charge is 0.493 e. The Kier molecular flexibility index (Phi) is 6.56. The Morgan fingerprint density at radius 3 is 2.82 bits per heavy atom. The lowest BCUT2D eigenvalue weighted by atomic mass is 10.1. The highest BCUT2D eigenvalue weighted by atomic mass is 79.9. The van der Waals surface area contributed by atoms with Crippen LogP contribution in [0.2, 0.25) is 0 Å². The number of nitriles is 1. The number of hydrogen-bond donors (Lipinski definition) is 1. The van der Waals surface area contributed by atoms with E-state index in [2.05, 4.69) is 32.0 Å². The van der Waals surface area contributed by atoms with Crippen molar-refractivity contribution >= 4 is 44.3 Å². The summed E-state index contributed by atoms with van der Waals surface area (Å²) in [6.07, 6.45) is 1.62. The second-order valence-electron chi connectivity index (χ2n) is 7.16. The number of aromatic nitrogens is 2. The molecule has 4 aromatic rings. The minimum absolute atomic E-state index is 0.0212. The fraction of sp³-hybridized carbons (Fsp3) is 0.0833. The molecule has 0 aliphatic heterocycles. The molecule has 10 heteroatoms. The Balaban J connectivity index is 1.62. The molecule has 0 saturated heterocycles. The van der Waals surface area contributed by atoms with Gasteiger partial charge in [0.15, 0.2) is 11.5 Å². The molecule has 8 nitrogen and oxygen atoms in total. The maximum atomic E-state index is 13.5. The number of aromatic amines is 1. The number of imidazole rings is 1. The number of ether oxygens (including phenoxy) is 2. The molecule has 0 aliphatic carbocycles. The third kappa shape index (κ3) is 4.89. The lowest BCUT2D eigenvalue weighted by molar-refractivity contribution is -0.384. The van der Waals surface area contributed by atoms with Gasteiger partial charge in [-0.1, -0.05) is 28.1 Å². The number of non-ortho nitro benzene ring substituents is 1. The van der Waals surface area contributed by atoms with Gasteiger partial charge in [0.1, 0.15) is 24.3 Å². The summed E-state index contributed by atoms with van der Waals surface area (Å²) in [4.78, 5) is 17.8. The van der Waals surface area contributed by atoms with Crippen LogP contribution in [0, 0.1) is 27.3 Å². The lowest BCUT2D eigenvalue weighted by Crippen LogP contribution is -1.99. The molecular formula is C24H16BrFN4O4. The summed E-state index contributed by atoms with van der Waals surface area (Å²) in [5.74, 6) is 0.720. The van der Waals surface area contributed by atoms with Gasteiger partial charge in [0.05, 0.1) is 28.6 Å². The molecule has 1 heterocycles. The van der Waals surface area contributed by atoms with E-state index >= 15 is 0 Å². The molecule has 0 aliphatic rings. The standard InChI is InChI=1S/C24H16BrFN4O4/c1-33-22-9-15(8-16(12-27)24-28-20-6-5-17(26)10-21(20)29-24)19(25)11-23(22)34-13-14-3-2-4-18(7-14)30(31)32/h2-11H,13H2,1H3,(H,28,29)/b16-8-. The van der Waals surface area contributed by atoms with Crippen molar-refractivity contribution in [1.29, 1.82) is 5.26 Å². The highest BCUT2D eigenvalue weighted by Crippen LogP contribution is 2.36. The Morgan fingerprint density at radius 1 is 1.26 bits per heavy atom. The Hall–Kier alpha value is -4.23. The zero-order valence-electron chi connectivity index (χ0n) is 17.7. The fourth-order valence-electron chi connectivity index (χ4n) is 3.27. The Morgan fingerprint density at radius 2 is 2.09 bits per heavy atom. The van der Waals surface area contributed by atoms with Crippen LogP contribution >= 0.6 is 15.9 Å². The van der Waals surface area contributed by atoms with Gasteiger partial charge in [-0.3, -0.25) is 10.1 Å². The Labute approximate surface area is 201 Å². The van der Waals surface area contributed by atoms with Crippen LogP contribution in [0.3, 0.4) is 0 Å². The van der Waals surface area contributed by atoms with Gasteiger partial charge in [0.2, 0.25) is 0 Å². The van der Waals surface area contributed by atoms with Gasteiger partial charge in [-0.15, -0.1) is 0 Å². The number of nitro groups is 1. The van der Waals surface area contributed by atoms with Crippen molar-refractivity contribution in [2.24, 2.45) is 0 Å². The van der Waals surface area contributed by atoms with Gasteiger partial charge in [0, 0.05) is 16.6 Å². The predicted octanol–water partition coefficient (Wildman–Crippen LogP) is 6.02. The van der Waals surface area contributed by atoms with Crippen LogP contribution < -0.4 is 9.47 Å². The van der Waals surface area contributed by atoms with Crippen molar-refractivity contribution < 1.29 is 18.8 Å². The van der Waals surface area contributed by atoms with Crippen LogP contribution in [0.5, 0.6) is 11.5 Å². The number of fused-ring (bicyclic) bond motifs is 1. The number of allylic oxidation sites excluding steroid dienone is 1. The predicted molar refractivity (Wildman–Crippen MR) is 128 cm³/mol. The van der Waals surface area contributed by atoms with E-state index in [1.165, 1.54) is 37.4 Å². The van der Waals surface area contributed by atoms with Gasteiger partial charge >= 0.3 is 0 Å². The lowest BCUT2D eigenvalue weighted by Gasteiger charge is -2.13. The summed E-state index contributed by atoms with van der Waals surface area (Å²) in [5, 5.41) is 20.7. The average molecular weight is 523 g/mol. The molecule has 0 spiro atoms. The van der Waals surface area contributed by atoms with E-state index in [4.69, 9.17) is 9.47 Å². The van der Waals surface area contributed by atoms with Crippen molar-refractivity contribution in [2.45, 2.75) is 6.61 Å². The van der Waals surface area contributed by atoms with Gasteiger partial charge in [0.25, 0.3) is 5.69 Å². The van der Waals surface area contributed by atoms with Crippen LogP contribution in [0.25, 0.3) is 22.7 Å². The number of hydrogen-bond acceptors (Lipinski definition) is 6. The maximum Gasteiger partial charge on any atom is 0.269 e. The zero-order valence-corrected chi connectivity index (χ0v) is 19.3. The van der Waals surface area contributed by atoms with Gasteiger partial charge < -0.3 is 14.5 Å². The minimum Gasteiger partial charge on any atom is -0.493 e. The van der Waals surface area contributed by atoms with Gasteiger partial charge in [-0.2, -0.15) is 5.26 Å². The molecule has 0 bridgehead atoms. The number of nitrogens with zero attached hydrogens (tertiary/aromatic N) is 3. The smallest absolute Gasteiger partial charge is 0.269 e. The molecule has 1 aromatic heterocycles. The first-order chi connectivity index (χ1) is 16.4. The second-order valence-corrected chi connectivity index (χ2v) is 8.01. The van der Waals surface area contributed by atoms with Crippen LogP contribution in [0.1, 0.15) is 17.0 Å². The molecule has 0 radical (unpaired) electrons. The molecule has 3 aromatic carbocycles. The third-order valence-electron chi connectivity index (χ3n) is 4.92. The number of rotatable bonds is 7. The van der Waals surface area contributed by atoms with Crippen molar-refractivity contribution in [2.75, 3.05) is 7.11 Å². The molecule has 170 valence electrons. The highest BCUT2D eigenvalue weighted by Gasteiger charge is 2.14. The normalized spacial score (nSPS) is 11.3. The number of benzene rings is 3. The molecule has 0 unspecified atom stereocenters. The SMILES string of the molecule is COc1cc(/C=C(/C#N)c2nc3ccc(F)cc3[nH]2)c(Br)cc1OCc1cccc([N+](=O)[O-])c1. The summed E-state index contributed by atoms with van der Waals surface area (Å²) >= 11 is 3.48. The first-order valence-electron chi connectivity index (χ1n) is 9.89. The average Bonchev–Trinajstić information content (AvgIpc) is 3.25. The van der Waals surface area contributed by atoms with E-state index in [1.807, 2.05) is 0 Å². The molecule has 0 amide bonds. The fourth-order valence-corrected chi connectivity index (χ4v) is 3.71. The molecule has 0 atom stereocenters. The van der Waals surface area contributed by atoms with Gasteiger partial charge in [-0.05, 0) is 47.5 Å². The molecule has 0 fully saturated rings. The van der Waals surface area contributed by atoms with E-state index in [0.717, 1.165) is 0 Å². The summed E-state index contributed by atoms with van der Waals surface area (Å²) < 4.78 is 25.4. The highest BCUT2D eigenvalue weighted by molar-refractivity contribution is 9.10. The number of nitro benzene ring substituents is 1. The second kappa shape index (κ2) is 9.72. The van der Waals surface area contributed by atoms with Gasteiger partial charge in [-0.25, -0.2) is 9.37 Å². The molecule has 34 heavy (non-hydrogen) atoms. The zero-order chi connectivity index (χ0) is 24.2. The van der Waals surface area contributed by atoms with E-state index in [1.54, 1.807) is 30.3 Å². The first-order valence-corrected chi connectivity index (χ1v) is 10.7. The number of methoxy groups -OCH3 is 1. The molecular weight excluding hydrogens is 507 g/mol. The van der Waals surface area contributed by atoms with E-state index < -0.39 is 10.7 Å². The number of H-pyrrole nitrogens is 1. The third-order valence-corrected chi connectivity index (χ3v) is 5.60. The summed E-state index contributed by atoms with van der Waals surface area (Å²) in [5.41, 5.74) is 2.50. The Bertz CT molecular complexity index is 1480. The summed E-state index contributed by atoms with van der Waals surface area (Å²) in [6, 6.07) is 15.8. The summed E-state index contributed by atoms with van der Waals surface area (Å²) in [6.45, 7) is 0.0959. The van der Waals surface area contributed by atoms with Crippen LogP contribution in [0.4, 0.5) is 10.1 Å². The number of halogens is 2. The summed E-state index contributed by atoms with van der Waals surface area (Å²) in [7, 11) is 1.48. The monoisotopic (exact) mass is 522 g/mol. The van der Waals surface area contributed by atoms with E-state index in [0.29, 0.717) is 44.0 Å². The molecule has 1 N–H and O–H groups in total. The minimum atomic E-state index is -0.465. The quantitative estimate of drug-likeness (QED) is 0.180. The molecule has 0 saturated carbocycles. The topological polar surface area (TPSA) is 114 Å². The van der Waals surface area contributed by atoms with E-state index in [9.17, 15) is 19.8 Å². The van der Waals surface area contributed by atoms with Crippen molar-refractivity contribution in [3.05, 3.63) is 92.0 Å².